The first-order valence-electron chi connectivity index (χ1n) is 5.97. The number of amides is 1. The van der Waals surface area contributed by atoms with Crippen LogP contribution < -0.4 is 11.1 Å². The van der Waals surface area contributed by atoms with Crippen LogP contribution in [-0.2, 0) is 14.3 Å². The Morgan fingerprint density at radius 1 is 1.41 bits per heavy atom. The fourth-order valence-electron chi connectivity index (χ4n) is 2.23. The Balaban J connectivity index is 1.82. The van der Waals surface area contributed by atoms with E-state index in [0.717, 1.165) is 19.3 Å². The summed E-state index contributed by atoms with van der Waals surface area (Å²) in [6.45, 7) is 0.653. The molecule has 2 rings (SSSR count). The van der Waals surface area contributed by atoms with E-state index in [1.165, 1.54) is 0 Å². The number of nitrogens with one attached hydrogen (secondary N) is 1. The zero-order valence-corrected chi connectivity index (χ0v) is 9.59. The lowest BCUT2D eigenvalue weighted by Gasteiger charge is -2.21. The summed E-state index contributed by atoms with van der Waals surface area (Å²) in [7, 11) is 0. The molecule has 4 N–H and O–H groups in total. The maximum absolute atomic E-state index is 11.7. The lowest BCUT2D eigenvalue weighted by atomic mass is 10.1. The predicted molar refractivity (Wildman–Crippen MR) is 59.2 cm³/mol. The molecule has 1 saturated carbocycles. The van der Waals surface area contributed by atoms with Gasteiger partial charge in [-0.15, -0.1) is 0 Å². The molecule has 96 valence electrons. The Morgan fingerprint density at radius 2 is 2.12 bits per heavy atom. The number of ether oxygens (including phenoxy) is 1. The number of carbonyl (C=O) groups is 2. The summed E-state index contributed by atoms with van der Waals surface area (Å²) in [4.78, 5) is 22.1. The lowest BCUT2D eigenvalue weighted by Crippen LogP contribution is -2.49. The largest absolute Gasteiger partial charge is 0.481 e. The van der Waals surface area contributed by atoms with E-state index in [1.54, 1.807) is 0 Å². The van der Waals surface area contributed by atoms with Gasteiger partial charge in [0.25, 0.3) is 0 Å². The van der Waals surface area contributed by atoms with Crippen LogP contribution in [0.2, 0.25) is 0 Å². The molecule has 1 aliphatic heterocycles. The third-order valence-electron chi connectivity index (χ3n) is 3.28. The van der Waals surface area contributed by atoms with E-state index in [1.807, 2.05) is 0 Å². The van der Waals surface area contributed by atoms with Crippen LogP contribution in [0, 0.1) is 5.92 Å². The molecule has 17 heavy (non-hydrogen) atoms. The Morgan fingerprint density at radius 3 is 2.71 bits per heavy atom. The highest BCUT2D eigenvalue weighted by Crippen LogP contribution is 2.38. The third kappa shape index (κ3) is 3.17. The molecule has 2 aliphatic rings. The van der Waals surface area contributed by atoms with Gasteiger partial charge in [0.2, 0.25) is 5.91 Å². The first-order chi connectivity index (χ1) is 8.08. The Bertz CT molecular complexity index is 317. The molecule has 0 bridgehead atoms. The van der Waals surface area contributed by atoms with E-state index in [4.69, 9.17) is 15.6 Å². The van der Waals surface area contributed by atoms with Crippen LogP contribution in [-0.4, -0.2) is 41.8 Å². The van der Waals surface area contributed by atoms with Crippen molar-refractivity contribution in [2.24, 2.45) is 11.7 Å². The average Bonchev–Trinajstić information content (AvgIpc) is 2.99. The molecule has 6 heteroatoms. The predicted octanol–water partition coefficient (Wildman–Crippen LogP) is -0.528. The maximum Gasteiger partial charge on any atom is 0.305 e. The number of hydrogen-bond donors (Lipinski definition) is 3. The van der Waals surface area contributed by atoms with Gasteiger partial charge < -0.3 is 20.9 Å². The minimum Gasteiger partial charge on any atom is -0.481 e. The molecular formula is C11H18N2O4. The Kier molecular flexibility index (Phi) is 3.63. The van der Waals surface area contributed by atoms with Gasteiger partial charge in [-0.3, -0.25) is 9.59 Å². The summed E-state index contributed by atoms with van der Waals surface area (Å²) in [5, 5.41) is 11.4. The molecule has 6 nitrogen and oxygen atoms in total. The fraction of sp³-hybridized carbons (Fsp3) is 0.818. The van der Waals surface area contributed by atoms with Gasteiger partial charge in [-0.2, -0.15) is 0 Å². The molecule has 1 heterocycles. The van der Waals surface area contributed by atoms with Crippen LogP contribution in [0.3, 0.4) is 0 Å². The van der Waals surface area contributed by atoms with Gasteiger partial charge in [0.05, 0.1) is 24.6 Å². The maximum atomic E-state index is 11.7. The summed E-state index contributed by atoms with van der Waals surface area (Å²) < 4.78 is 5.58. The number of carbonyl (C=O) groups excluding carboxylic acids is 1. The molecule has 3 unspecified atom stereocenters. The highest BCUT2D eigenvalue weighted by atomic mass is 16.5. The molecule has 3 atom stereocenters. The van der Waals surface area contributed by atoms with E-state index in [2.05, 4.69) is 5.32 Å². The molecule has 0 radical (unpaired) electrons. The number of carboxylic acid groups (broad SMARTS) is 1. The fourth-order valence-corrected chi connectivity index (χ4v) is 2.23. The summed E-state index contributed by atoms with van der Waals surface area (Å²) in [5.41, 5.74) is 5.50. The molecule has 1 amide bonds. The van der Waals surface area contributed by atoms with E-state index in [9.17, 15) is 9.59 Å². The monoisotopic (exact) mass is 242 g/mol. The van der Waals surface area contributed by atoms with E-state index >= 15 is 0 Å². The van der Waals surface area contributed by atoms with Crippen molar-refractivity contribution in [3.05, 3.63) is 0 Å². The average molecular weight is 242 g/mol. The van der Waals surface area contributed by atoms with Crippen molar-refractivity contribution in [2.45, 2.75) is 43.9 Å². The van der Waals surface area contributed by atoms with Gasteiger partial charge >= 0.3 is 5.97 Å². The highest BCUT2D eigenvalue weighted by molar-refractivity contribution is 5.86. The van der Waals surface area contributed by atoms with Crippen molar-refractivity contribution in [3.8, 4) is 0 Å². The van der Waals surface area contributed by atoms with Gasteiger partial charge in [-0.25, -0.2) is 0 Å². The van der Waals surface area contributed by atoms with Crippen molar-refractivity contribution in [1.29, 1.82) is 0 Å². The molecular weight excluding hydrogens is 224 g/mol. The Hall–Kier alpha value is -1.14. The van der Waals surface area contributed by atoms with Gasteiger partial charge in [0, 0.05) is 6.61 Å². The van der Waals surface area contributed by atoms with Crippen molar-refractivity contribution in [3.63, 3.8) is 0 Å². The van der Waals surface area contributed by atoms with Gasteiger partial charge in [0.1, 0.15) is 0 Å². The molecule has 0 aromatic heterocycles. The van der Waals surface area contributed by atoms with E-state index < -0.39 is 17.9 Å². The molecule has 1 saturated heterocycles. The topological polar surface area (TPSA) is 102 Å². The van der Waals surface area contributed by atoms with Gasteiger partial charge in [-0.1, -0.05) is 0 Å². The van der Waals surface area contributed by atoms with Crippen LogP contribution in [0.1, 0.15) is 25.7 Å². The second-order valence-electron chi connectivity index (χ2n) is 4.78. The highest BCUT2D eigenvalue weighted by Gasteiger charge is 2.41. The first kappa shape index (κ1) is 12.3. The zero-order chi connectivity index (χ0) is 12.4. The summed E-state index contributed by atoms with van der Waals surface area (Å²) in [6, 6.07) is -0.984. The smallest absolute Gasteiger partial charge is 0.305 e. The summed E-state index contributed by atoms with van der Waals surface area (Å²) in [5.74, 6) is -0.902. The summed E-state index contributed by atoms with van der Waals surface area (Å²) in [6.07, 6.45) is 2.84. The van der Waals surface area contributed by atoms with Crippen molar-refractivity contribution >= 4 is 11.9 Å². The van der Waals surface area contributed by atoms with Crippen LogP contribution in [0.4, 0.5) is 0 Å². The number of rotatable bonds is 5. The van der Waals surface area contributed by atoms with Crippen LogP contribution in [0.25, 0.3) is 0 Å². The molecule has 0 aromatic carbocycles. The van der Waals surface area contributed by atoms with Gasteiger partial charge in [-0.05, 0) is 25.2 Å². The quantitative estimate of drug-likeness (QED) is 0.601. The second-order valence-corrected chi connectivity index (χ2v) is 4.78. The zero-order valence-electron chi connectivity index (χ0n) is 9.59. The first-order valence-corrected chi connectivity index (χ1v) is 5.97. The minimum atomic E-state index is -1.06. The van der Waals surface area contributed by atoms with Crippen molar-refractivity contribution < 1.29 is 19.4 Å². The minimum absolute atomic E-state index is 0.00477. The van der Waals surface area contributed by atoms with Crippen LogP contribution in [0.5, 0.6) is 0 Å². The normalized spacial score (nSPS) is 29.9. The molecule has 1 aliphatic carbocycles. The van der Waals surface area contributed by atoms with Crippen molar-refractivity contribution in [1.82, 2.24) is 5.32 Å². The number of nitrogens with two attached hydrogens (primary N) is 1. The third-order valence-corrected chi connectivity index (χ3v) is 3.28. The van der Waals surface area contributed by atoms with Crippen LogP contribution in [0.15, 0.2) is 0 Å². The van der Waals surface area contributed by atoms with E-state index in [0.29, 0.717) is 12.5 Å². The summed E-state index contributed by atoms with van der Waals surface area (Å²) >= 11 is 0. The molecule has 2 fully saturated rings. The second kappa shape index (κ2) is 5.01. The molecule has 0 spiro atoms. The standard InChI is InChI=1S/C11H18N2O4/c12-7(5-9(14)15)11(16)13-8-3-4-17-10(8)6-1-2-6/h6-8,10H,1-5,12H2,(H,13,16)(H,14,15). The number of hydrogen-bond acceptors (Lipinski definition) is 4. The SMILES string of the molecule is NC(CC(=O)O)C(=O)NC1CCOC1C1CC1. The number of aliphatic carboxylic acids is 1. The Labute approximate surface area is 99.5 Å². The number of carboxylic acids is 1. The van der Waals surface area contributed by atoms with Gasteiger partial charge in [0.15, 0.2) is 0 Å². The van der Waals surface area contributed by atoms with E-state index in [-0.39, 0.29) is 18.6 Å². The molecule has 0 aromatic rings. The van der Waals surface area contributed by atoms with Crippen LogP contribution >= 0.6 is 0 Å². The lowest BCUT2D eigenvalue weighted by molar-refractivity contribution is -0.139. The van der Waals surface area contributed by atoms with Crippen molar-refractivity contribution in [2.75, 3.05) is 6.61 Å².